The summed E-state index contributed by atoms with van der Waals surface area (Å²) in [4.78, 5) is 12.2. The third kappa shape index (κ3) is 4.48. The second-order valence-electron chi connectivity index (χ2n) is 5.84. The third-order valence-electron chi connectivity index (χ3n) is 4.03. The Labute approximate surface area is 155 Å². The number of amides is 1. The van der Waals surface area contributed by atoms with E-state index in [1.807, 2.05) is 42.5 Å². The number of hydrogen-bond donors (Lipinski definition) is 2. The zero-order chi connectivity index (χ0) is 19.2. The number of para-hydroxylation sites is 1. The molecule has 0 saturated heterocycles. The van der Waals surface area contributed by atoms with Crippen molar-refractivity contribution >= 4 is 6.09 Å². The second-order valence-corrected chi connectivity index (χ2v) is 5.84. The largest absolute Gasteiger partial charge is 0.412 e. The summed E-state index contributed by atoms with van der Waals surface area (Å²) in [6.45, 7) is 0.0618. The van der Waals surface area contributed by atoms with E-state index in [1.165, 1.54) is 6.07 Å². The fraction of sp³-hybridized carbons (Fsp3) is 0.0952. The molecule has 27 heavy (non-hydrogen) atoms. The maximum atomic E-state index is 13.7. The van der Waals surface area contributed by atoms with Gasteiger partial charge in [0.15, 0.2) is 0 Å². The molecule has 3 aromatic rings. The summed E-state index contributed by atoms with van der Waals surface area (Å²) in [6, 6.07) is 18.0. The van der Waals surface area contributed by atoms with Crippen molar-refractivity contribution in [2.45, 2.75) is 13.1 Å². The summed E-state index contributed by atoms with van der Waals surface area (Å²) in [5.41, 5.74) is 8.20. The highest BCUT2D eigenvalue weighted by Gasteiger charge is 2.15. The molecular weight excluding hydrogens is 350 g/mol. The van der Waals surface area contributed by atoms with Crippen LogP contribution in [0.3, 0.4) is 0 Å². The van der Waals surface area contributed by atoms with Crippen molar-refractivity contribution in [1.82, 2.24) is 5.32 Å². The number of rotatable bonds is 5. The summed E-state index contributed by atoms with van der Waals surface area (Å²) in [7, 11) is 0. The van der Waals surface area contributed by atoms with Gasteiger partial charge in [-0.3, -0.25) is 0 Å². The molecular formula is C21H18F2N2O2. The van der Waals surface area contributed by atoms with Crippen LogP contribution in [0.15, 0.2) is 66.7 Å². The SMILES string of the molecule is NCc1cccc(-c2ccccc2)c1OC(=O)NCc1ccc(F)cc1F. The predicted molar refractivity (Wildman–Crippen MR) is 99.0 cm³/mol. The van der Waals surface area contributed by atoms with E-state index in [0.717, 1.165) is 23.3 Å². The lowest BCUT2D eigenvalue weighted by atomic mass is 10.0. The lowest BCUT2D eigenvalue weighted by Gasteiger charge is -2.15. The van der Waals surface area contributed by atoms with Crippen LogP contribution in [0.1, 0.15) is 11.1 Å². The average molecular weight is 368 g/mol. The zero-order valence-corrected chi connectivity index (χ0v) is 14.4. The Balaban J connectivity index is 1.79. The minimum atomic E-state index is -0.753. The molecule has 0 aromatic heterocycles. The van der Waals surface area contributed by atoms with Crippen molar-refractivity contribution in [3.8, 4) is 16.9 Å². The highest BCUT2D eigenvalue weighted by Crippen LogP contribution is 2.33. The monoisotopic (exact) mass is 368 g/mol. The van der Waals surface area contributed by atoms with Gasteiger partial charge in [0.1, 0.15) is 17.4 Å². The highest BCUT2D eigenvalue weighted by molar-refractivity contribution is 5.78. The summed E-state index contributed by atoms with van der Waals surface area (Å²) in [6.07, 6.45) is -0.753. The van der Waals surface area contributed by atoms with E-state index >= 15 is 0 Å². The molecule has 4 nitrogen and oxygen atoms in total. The van der Waals surface area contributed by atoms with E-state index < -0.39 is 17.7 Å². The number of nitrogens with one attached hydrogen (secondary N) is 1. The van der Waals surface area contributed by atoms with Crippen molar-refractivity contribution in [2.24, 2.45) is 5.73 Å². The zero-order valence-electron chi connectivity index (χ0n) is 14.4. The lowest BCUT2D eigenvalue weighted by molar-refractivity contribution is 0.199. The molecule has 0 atom stereocenters. The molecule has 0 bridgehead atoms. The molecule has 0 spiro atoms. The predicted octanol–water partition coefficient (Wildman–Crippen LogP) is 4.38. The lowest BCUT2D eigenvalue weighted by Crippen LogP contribution is -2.27. The summed E-state index contributed by atoms with van der Waals surface area (Å²) in [5.74, 6) is -1.06. The quantitative estimate of drug-likeness (QED) is 0.702. The fourth-order valence-corrected chi connectivity index (χ4v) is 2.67. The van der Waals surface area contributed by atoms with Gasteiger partial charge in [-0.25, -0.2) is 13.6 Å². The number of nitrogens with two attached hydrogens (primary N) is 1. The van der Waals surface area contributed by atoms with Crippen LogP contribution >= 0.6 is 0 Å². The van der Waals surface area contributed by atoms with E-state index in [9.17, 15) is 13.6 Å². The van der Waals surface area contributed by atoms with Crippen LogP contribution in [0.25, 0.3) is 11.1 Å². The van der Waals surface area contributed by atoms with Crippen LogP contribution in [0.5, 0.6) is 5.75 Å². The Kier molecular flexibility index (Phi) is 5.78. The van der Waals surface area contributed by atoms with Crippen LogP contribution in [0.4, 0.5) is 13.6 Å². The van der Waals surface area contributed by atoms with Crippen molar-refractivity contribution in [3.63, 3.8) is 0 Å². The molecule has 0 unspecified atom stereocenters. The first kappa shape index (κ1) is 18.5. The maximum Gasteiger partial charge on any atom is 0.412 e. The van der Waals surface area contributed by atoms with E-state index in [1.54, 1.807) is 6.07 Å². The standard InChI is InChI=1S/C21H18F2N2O2/c22-17-10-9-16(19(23)11-17)13-25-21(26)27-20-15(12-24)7-4-8-18(20)14-5-2-1-3-6-14/h1-11H,12-13,24H2,(H,25,26). The van der Waals surface area contributed by atoms with Gasteiger partial charge in [-0.1, -0.05) is 54.6 Å². The van der Waals surface area contributed by atoms with E-state index in [-0.39, 0.29) is 18.7 Å². The van der Waals surface area contributed by atoms with E-state index in [0.29, 0.717) is 11.3 Å². The van der Waals surface area contributed by atoms with Crippen molar-refractivity contribution in [2.75, 3.05) is 0 Å². The van der Waals surface area contributed by atoms with Crippen molar-refractivity contribution in [3.05, 3.63) is 89.5 Å². The van der Waals surface area contributed by atoms with Gasteiger partial charge in [-0.05, 0) is 11.6 Å². The van der Waals surface area contributed by atoms with Crippen molar-refractivity contribution in [1.29, 1.82) is 0 Å². The molecule has 0 fully saturated rings. The summed E-state index contributed by atoms with van der Waals surface area (Å²) in [5, 5.41) is 2.47. The summed E-state index contributed by atoms with van der Waals surface area (Å²) >= 11 is 0. The molecule has 1 amide bonds. The Bertz CT molecular complexity index is 946. The number of carbonyl (C=O) groups is 1. The molecule has 0 radical (unpaired) electrons. The van der Waals surface area contributed by atoms with Gasteiger partial charge < -0.3 is 15.8 Å². The minimum Gasteiger partial charge on any atom is -0.409 e. The number of hydrogen-bond acceptors (Lipinski definition) is 3. The number of benzene rings is 3. The molecule has 0 aliphatic rings. The van der Waals surface area contributed by atoms with Gasteiger partial charge in [0.05, 0.1) is 0 Å². The van der Waals surface area contributed by atoms with Crippen LogP contribution in [-0.2, 0) is 13.1 Å². The Morgan fingerprint density at radius 3 is 2.44 bits per heavy atom. The second kappa shape index (κ2) is 8.42. The molecule has 0 heterocycles. The first-order chi connectivity index (χ1) is 13.1. The maximum absolute atomic E-state index is 13.7. The van der Waals surface area contributed by atoms with Crippen LogP contribution in [-0.4, -0.2) is 6.09 Å². The third-order valence-corrected chi connectivity index (χ3v) is 4.03. The first-order valence-electron chi connectivity index (χ1n) is 8.35. The number of ether oxygens (including phenoxy) is 1. The molecule has 138 valence electrons. The average Bonchev–Trinajstić information content (AvgIpc) is 2.68. The smallest absolute Gasteiger partial charge is 0.409 e. The van der Waals surface area contributed by atoms with Gasteiger partial charge in [0.2, 0.25) is 0 Å². The molecule has 0 aliphatic carbocycles. The first-order valence-corrected chi connectivity index (χ1v) is 8.35. The van der Waals surface area contributed by atoms with Gasteiger partial charge in [0.25, 0.3) is 0 Å². The van der Waals surface area contributed by atoms with Gasteiger partial charge in [-0.15, -0.1) is 0 Å². The van der Waals surface area contributed by atoms with E-state index in [2.05, 4.69) is 5.32 Å². The van der Waals surface area contributed by atoms with E-state index in [4.69, 9.17) is 10.5 Å². The molecule has 6 heteroatoms. The molecule has 3 rings (SSSR count). The van der Waals surface area contributed by atoms with Crippen molar-refractivity contribution < 1.29 is 18.3 Å². The van der Waals surface area contributed by atoms with Gasteiger partial charge >= 0.3 is 6.09 Å². The Morgan fingerprint density at radius 1 is 0.963 bits per heavy atom. The minimum absolute atomic E-state index is 0.129. The number of carbonyl (C=O) groups excluding carboxylic acids is 1. The Hall–Kier alpha value is -3.25. The van der Waals surface area contributed by atoms with Gasteiger partial charge in [-0.2, -0.15) is 0 Å². The van der Waals surface area contributed by atoms with Crippen LogP contribution < -0.4 is 15.8 Å². The van der Waals surface area contributed by atoms with Crippen LogP contribution in [0, 0.1) is 11.6 Å². The van der Waals surface area contributed by atoms with Crippen LogP contribution in [0.2, 0.25) is 0 Å². The molecule has 0 aliphatic heterocycles. The topological polar surface area (TPSA) is 64.3 Å². The normalized spacial score (nSPS) is 10.5. The Morgan fingerprint density at radius 2 is 1.74 bits per heavy atom. The highest BCUT2D eigenvalue weighted by atomic mass is 19.1. The molecule has 3 N–H and O–H groups in total. The van der Waals surface area contributed by atoms with Gasteiger partial charge in [0, 0.05) is 35.8 Å². The molecule has 3 aromatic carbocycles. The number of halogens is 2. The molecule has 0 saturated carbocycles. The fourth-order valence-electron chi connectivity index (χ4n) is 2.67. The summed E-state index contributed by atoms with van der Waals surface area (Å²) < 4.78 is 32.1.